The Morgan fingerprint density at radius 3 is 2.40 bits per heavy atom. The molecule has 6 heteroatoms. The largest absolute Gasteiger partial charge is 0.475 e. The second kappa shape index (κ2) is 6.40. The van der Waals surface area contributed by atoms with E-state index in [1.165, 1.54) is 0 Å². The minimum atomic E-state index is -3.36. The molecule has 0 aliphatic carbocycles. The Bertz CT molecular complexity index is 302. The van der Waals surface area contributed by atoms with Crippen LogP contribution in [0.1, 0.15) is 19.4 Å². The first-order chi connectivity index (χ1) is 7.20. The summed E-state index contributed by atoms with van der Waals surface area (Å²) in [5.41, 5.74) is 0.972. The van der Waals surface area contributed by atoms with E-state index in [4.69, 9.17) is 13.6 Å². The van der Waals surface area contributed by atoms with E-state index in [0.29, 0.717) is 13.2 Å². The molecule has 0 aromatic carbocycles. The van der Waals surface area contributed by atoms with Crippen LogP contribution in [0, 0.1) is 0 Å². The van der Waals surface area contributed by atoms with E-state index in [1.807, 2.05) is 16.8 Å². The summed E-state index contributed by atoms with van der Waals surface area (Å²) < 4.78 is 27.0. The van der Waals surface area contributed by atoms with Gasteiger partial charge in [0.2, 0.25) is 0 Å². The molecule has 1 aromatic heterocycles. The molecule has 1 rings (SSSR count). The highest BCUT2D eigenvalue weighted by atomic mass is 32.1. The molecule has 15 heavy (non-hydrogen) atoms. The summed E-state index contributed by atoms with van der Waals surface area (Å²) in [7, 11) is -3.36. The summed E-state index contributed by atoms with van der Waals surface area (Å²) >= 11 is 1.57. The zero-order valence-corrected chi connectivity index (χ0v) is 10.6. The maximum atomic E-state index is 11.8. The van der Waals surface area contributed by atoms with Crippen molar-refractivity contribution < 1.29 is 18.1 Å². The molecule has 4 nitrogen and oxygen atoms in total. The third-order valence-corrected chi connectivity index (χ3v) is 3.87. The van der Waals surface area contributed by atoms with Gasteiger partial charge in [-0.2, -0.15) is 11.3 Å². The maximum Gasteiger partial charge on any atom is 0.475 e. The molecule has 0 saturated heterocycles. The highest BCUT2D eigenvalue weighted by Gasteiger charge is 2.25. The van der Waals surface area contributed by atoms with Gasteiger partial charge in [0.05, 0.1) is 19.8 Å². The van der Waals surface area contributed by atoms with Crippen LogP contribution < -0.4 is 0 Å². The van der Waals surface area contributed by atoms with Crippen molar-refractivity contribution in [2.45, 2.75) is 20.5 Å². The van der Waals surface area contributed by atoms with Crippen LogP contribution in [-0.2, 0) is 24.7 Å². The van der Waals surface area contributed by atoms with E-state index in [9.17, 15) is 4.57 Å². The lowest BCUT2D eigenvalue weighted by atomic mass is 10.4. The lowest BCUT2D eigenvalue weighted by Crippen LogP contribution is -1.99. The molecule has 0 aliphatic rings. The van der Waals surface area contributed by atoms with Crippen LogP contribution in [0.5, 0.6) is 0 Å². The van der Waals surface area contributed by atoms with Crippen molar-refractivity contribution in [3.8, 4) is 0 Å². The van der Waals surface area contributed by atoms with E-state index < -0.39 is 7.82 Å². The van der Waals surface area contributed by atoms with Crippen molar-refractivity contribution in [1.29, 1.82) is 0 Å². The van der Waals surface area contributed by atoms with Crippen molar-refractivity contribution in [2.24, 2.45) is 0 Å². The van der Waals surface area contributed by atoms with Gasteiger partial charge in [-0.05, 0) is 36.2 Å². The number of phosphoric acid groups is 1. The molecule has 0 radical (unpaired) electrons. The highest BCUT2D eigenvalue weighted by Crippen LogP contribution is 2.49. The number of rotatable bonds is 7. The van der Waals surface area contributed by atoms with Gasteiger partial charge in [0, 0.05) is 0 Å². The summed E-state index contributed by atoms with van der Waals surface area (Å²) in [6, 6.07) is 1.91. The molecule has 0 atom stereocenters. The van der Waals surface area contributed by atoms with Gasteiger partial charge in [0.1, 0.15) is 0 Å². The first kappa shape index (κ1) is 12.9. The fraction of sp³-hybridized carbons (Fsp3) is 0.556. The summed E-state index contributed by atoms with van der Waals surface area (Å²) in [4.78, 5) is 0. The van der Waals surface area contributed by atoms with Crippen LogP contribution in [0.3, 0.4) is 0 Å². The third-order valence-electron chi connectivity index (χ3n) is 1.54. The summed E-state index contributed by atoms with van der Waals surface area (Å²) in [6.07, 6.45) is 0. The fourth-order valence-corrected chi connectivity index (χ4v) is 2.77. The van der Waals surface area contributed by atoms with Crippen molar-refractivity contribution in [3.63, 3.8) is 0 Å². The van der Waals surface area contributed by atoms with Crippen LogP contribution >= 0.6 is 19.2 Å². The van der Waals surface area contributed by atoms with Gasteiger partial charge in [-0.25, -0.2) is 4.57 Å². The lowest BCUT2D eigenvalue weighted by molar-refractivity contribution is 0.116. The molecule has 0 saturated carbocycles. The van der Waals surface area contributed by atoms with Gasteiger partial charge in [0.25, 0.3) is 0 Å². The SMILES string of the molecule is CCOP(=O)(OCC)OCc1ccsc1. The molecule has 0 amide bonds. The Kier molecular flexibility index (Phi) is 5.50. The minimum absolute atomic E-state index is 0.251. The number of thiophene rings is 1. The Morgan fingerprint density at radius 1 is 1.27 bits per heavy atom. The Balaban J connectivity index is 2.48. The van der Waals surface area contributed by atoms with Gasteiger partial charge >= 0.3 is 7.82 Å². The lowest BCUT2D eigenvalue weighted by Gasteiger charge is -2.15. The van der Waals surface area contributed by atoms with Crippen LogP contribution in [0.4, 0.5) is 0 Å². The van der Waals surface area contributed by atoms with E-state index in [-0.39, 0.29) is 6.61 Å². The van der Waals surface area contributed by atoms with E-state index >= 15 is 0 Å². The first-order valence-electron chi connectivity index (χ1n) is 4.75. The molecule has 1 aromatic rings. The van der Waals surface area contributed by atoms with Gasteiger partial charge in [-0.3, -0.25) is 13.6 Å². The Hall–Kier alpha value is -0.190. The molecule has 1 heterocycles. The zero-order chi connectivity index (χ0) is 11.1. The van der Waals surface area contributed by atoms with Crippen LogP contribution in [0.2, 0.25) is 0 Å². The van der Waals surface area contributed by atoms with Crippen molar-refractivity contribution in [2.75, 3.05) is 13.2 Å². The van der Waals surface area contributed by atoms with Crippen LogP contribution in [-0.4, -0.2) is 13.2 Å². The highest BCUT2D eigenvalue weighted by molar-refractivity contribution is 7.48. The number of phosphoric ester groups is 1. The van der Waals surface area contributed by atoms with Gasteiger partial charge < -0.3 is 0 Å². The summed E-state index contributed by atoms with van der Waals surface area (Å²) in [5.74, 6) is 0. The molecular weight excluding hydrogens is 235 g/mol. The topological polar surface area (TPSA) is 44.8 Å². The van der Waals surface area contributed by atoms with E-state index in [2.05, 4.69) is 0 Å². The fourth-order valence-electron chi connectivity index (χ4n) is 0.956. The first-order valence-corrected chi connectivity index (χ1v) is 7.15. The summed E-state index contributed by atoms with van der Waals surface area (Å²) in [6.45, 7) is 4.36. The Labute approximate surface area is 93.8 Å². The standard InChI is InChI=1S/C9H15O4PS/c1-3-11-14(10,12-4-2)13-7-9-5-6-15-8-9/h5-6,8H,3-4,7H2,1-2H3. The van der Waals surface area contributed by atoms with Crippen molar-refractivity contribution >= 4 is 19.2 Å². The Morgan fingerprint density at radius 2 is 1.93 bits per heavy atom. The zero-order valence-electron chi connectivity index (χ0n) is 8.84. The minimum Gasteiger partial charge on any atom is -0.287 e. The molecule has 0 unspecified atom stereocenters. The van der Waals surface area contributed by atoms with Crippen molar-refractivity contribution in [1.82, 2.24) is 0 Å². The molecule has 0 N–H and O–H groups in total. The monoisotopic (exact) mass is 250 g/mol. The molecule has 0 bridgehead atoms. The molecule has 0 fully saturated rings. The number of hydrogen-bond acceptors (Lipinski definition) is 5. The molecule has 0 aliphatic heterocycles. The second-order valence-corrected chi connectivity index (χ2v) is 5.14. The van der Waals surface area contributed by atoms with Gasteiger partial charge in [-0.1, -0.05) is 0 Å². The van der Waals surface area contributed by atoms with Crippen molar-refractivity contribution in [3.05, 3.63) is 22.4 Å². The van der Waals surface area contributed by atoms with Crippen LogP contribution in [0.25, 0.3) is 0 Å². The third kappa shape index (κ3) is 4.45. The molecule has 86 valence electrons. The average molecular weight is 250 g/mol. The van der Waals surface area contributed by atoms with Crippen LogP contribution in [0.15, 0.2) is 16.8 Å². The molecule has 0 spiro atoms. The average Bonchev–Trinajstić information content (AvgIpc) is 2.68. The summed E-state index contributed by atoms with van der Waals surface area (Å²) in [5, 5.41) is 3.87. The second-order valence-electron chi connectivity index (χ2n) is 2.69. The van der Waals surface area contributed by atoms with E-state index in [1.54, 1.807) is 25.2 Å². The predicted octanol–water partition coefficient (Wildman–Crippen LogP) is 3.45. The quantitative estimate of drug-likeness (QED) is 0.695. The van der Waals surface area contributed by atoms with Gasteiger partial charge in [0.15, 0.2) is 0 Å². The van der Waals surface area contributed by atoms with E-state index in [0.717, 1.165) is 5.56 Å². The normalized spacial score (nSPS) is 11.9. The smallest absolute Gasteiger partial charge is 0.287 e. The maximum absolute atomic E-state index is 11.8. The molecular formula is C9H15O4PS. The van der Waals surface area contributed by atoms with Gasteiger partial charge in [-0.15, -0.1) is 0 Å². The number of hydrogen-bond donors (Lipinski definition) is 0. The predicted molar refractivity (Wildman–Crippen MR) is 60.0 cm³/mol.